The van der Waals surface area contributed by atoms with Crippen LogP contribution in [0, 0.1) is 0 Å². The highest BCUT2D eigenvalue weighted by Gasteiger charge is 2.02. The summed E-state index contributed by atoms with van der Waals surface area (Å²) in [6, 6.07) is 0. The van der Waals surface area contributed by atoms with Crippen LogP contribution in [0.4, 0.5) is 0 Å². The van der Waals surface area contributed by atoms with E-state index in [0.717, 1.165) is 24.3 Å². The number of aliphatic imine (C=N–C) groups is 1. The summed E-state index contributed by atoms with van der Waals surface area (Å²) in [5, 5.41) is 2.34. The first-order valence-electron chi connectivity index (χ1n) is 3.36. The fourth-order valence-electron chi connectivity index (χ4n) is 0.920. The number of ether oxygens (including phenoxy) is 1. The lowest BCUT2D eigenvalue weighted by Gasteiger charge is -2.08. The molecule has 1 aliphatic carbocycles. The van der Waals surface area contributed by atoms with E-state index in [9.17, 15) is 0 Å². The Labute approximate surface area is 71.3 Å². The molecule has 0 bridgehead atoms. The summed E-state index contributed by atoms with van der Waals surface area (Å²) in [5.41, 5.74) is 0.973. The lowest BCUT2D eigenvalue weighted by atomic mass is 10.1. The van der Waals surface area contributed by atoms with Gasteiger partial charge in [0.25, 0.3) is 0 Å². The number of rotatable bonds is 2. The summed E-state index contributed by atoms with van der Waals surface area (Å²) in [6.45, 7) is 0. The highest BCUT2D eigenvalue weighted by Crippen LogP contribution is 2.17. The van der Waals surface area contributed by atoms with Crippen molar-refractivity contribution in [3.8, 4) is 0 Å². The molecule has 0 radical (unpaired) electrons. The molecule has 0 heterocycles. The topological polar surface area (TPSA) is 21.6 Å². The largest absolute Gasteiger partial charge is 0.501 e. The average molecular weight is 167 g/mol. The molecule has 0 aliphatic heterocycles. The second-order valence-electron chi connectivity index (χ2n) is 2.18. The fourth-order valence-corrected chi connectivity index (χ4v) is 1.04. The molecule has 0 amide bonds. The molecule has 0 saturated heterocycles. The summed E-state index contributed by atoms with van der Waals surface area (Å²) < 4.78 is 5.05. The average Bonchev–Trinajstić information content (AvgIpc) is 2.07. The minimum atomic E-state index is 0.798. The van der Waals surface area contributed by atoms with Crippen LogP contribution in [-0.4, -0.2) is 12.3 Å². The van der Waals surface area contributed by atoms with Crippen molar-refractivity contribution < 1.29 is 4.74 Å². The summed E-state index contributed by atoms with van der Waals surface area (Å²) in [6.07, 6.45) is 5.61. The van der Waals surface area contributed by atoms with E-state index in [1.165, 1.54) is 0 Å². The number of hydrogen-bond acceptors (Lipinski definition) is 3. The third kappa shape index (κ3) is 2.30. The van der Waals surface area contributed by atoms with Gasteiger partial charge in [-0.3, -0.25) is 0 Å². The lowest BCUT2D eigenvalue weighted by Crippen LogP contribution is -1.92. The number of thiocarbonyl (C=S) groups is 1. The predicted molar refractivity (Wildman–Crippen MR) is 47.4 cm³/mol. The summed E-state index contributed by atoms with van der Waals surface area (Å²) in [5.74, 6) is 0.994. The molecule has 0 aromatic heterocycles. The van der Waals surface area contributed by atoms with Crippen LogP contribution < -0.4 is 0 Å². The molecule has 0 aromatic rings. The first-order valence-corrected chi connectivity index (χ1v) is 3.77. The highest BCUT2D eigenvalue weighted by atomic mass is 32.1. The first-order chi connectivity index (χ1) is 5.36. The molecule has 0 unspecified atom stereocenters. The fraction of sp³-hybridized carbons (Fsp3) is 0.375. The zero-order valence-corrected chi connectivity index (χ0v) is 7.15. The van der Waals surface area contributed by atoms with Gasteiger partial charge >= 0.3 is 0 Å². The molecule has 11 heavy (non-hydrogen) atoms. The Morgan fingerprint density at radius 2 is 2.36 bits per heavy atom. The summed E-state index contributed by atoms with van der Waals surface area (Å²) >= 11 is 4.48. The maximum atomic E-state index is 5.05. The van der Waals surface area contributed by atoms with Crippen LogP contribution in [0.15, 0.2) is 28.6 Å². The van der Waals surface area contributed by atoms with Gasteiger partial charge in [-0.2, -0.15) is 4.99 Å². The van der Waals surface area contributed by atoms with Crippen molar-refractivity contribution in [3.63, 3.8) is 0 Å². The highest BCUT2D eigenvalue weighted by molar-refractivity contribution is 7.78. The summed E-state index contributed by atoms with van der Waals surface area (Å²) in [4.78, 5) is 3.88. The van der Waals surface area contributed by atoms with Crippen molar-refractivity contribution in [1.29, 1.82) is 0 Å². The maximum Gasteiger partial charge on any atom is 0.0957 e. The Hall–Kier alpha value is -0.920. The van der Waals surface area contributed by atoms with E-state index in [0.29, 0.717) is 0 Å². The molecule has 0 saturated carbocycles. The second-order valence-corrected chi connectivity index (χ2v) is 2.36. The molecular formula is C8H9NOS. The monoisotopic (exact) mass is 167 g/mol. The van der Waals surface area contributed by atoms with Crippen LogP contribution in [-0.2, 0) is 4.74 Å². The van der Waals surface area contributed by atoms with Crippen LogP contribution in [0.3, 0.4) is 0 Å². The Balaban J connectivity index is 2.56. The van der Waals surface area contributed by atoms with Gasteiger partial charge in [0.1, 0.15) is 0 Å². The number of nitrogens with zero attached hydrogens (tertiary/aromatic N) is 1. The van der Waals surface area contributed by atoms with E-state index in [2.05, 4.69) is 22.4 Å². The second kappa shape index (κ2) is 4.06. The normalized spacial score (nSPS) is 16.1. The smallest absolute Gasteiger partial charge is 0.0957 e. The molecule has 0 aromatic carbocycles. The summed E-state index contributed by atoms with van der Waals surface area (Å²) in [7, 11) is 1.67. The Kier molecular flexibility index (Phi) is 3.02. The molecule has 3 heteroatoms. The first kappa shape index (κ1) is 8.18. The van der Waals surface area contributed by atoms with E-state index in [1.807, 2.05) is 12.2 Å². The van der Waals surface area contributed by atoms with Crippen LogP contribution in [0.2, 0.25) is 0 Å². The minimum Gasteiger partial charge on any atom is -0.501 e. The van der Waals surface area contributed by atoms with Gasteiger partial charge in [-0.1, -0.05) is 6.08 Å². The number of isothiocyanates is 1. The van der Waals surface area contributed by atoms with Gasteiger partial charge < -0.3 is 4.74 Å². The third-order valence-corrected chi connectivity index (χ3v) is 1.62. The van der Waals surface area contributed by atoms with Crippen molar-refractivity contribution >= 4 is 17.4 Å². The van der Waals surface area contributed by atoms with Crippen molar-refractivity contribution in [2.45, 2.75) is 12.8 Å². The number of methoxy groups -OCH3 is 1. The van der Waals surface area contributed by atoms with Crippen molar-refractivity contribution in [1.82, 2.24) is 0 Å². The molecule has 2 nitrogen and oxygen atoms in total. The van der Waals surface area contributed by atoms with E-state index >= 15 is 0 Å². The van der Waals surface area contributed by atoms with Gasteiger partial charge in [-0.05, 0) is 18.3 Å². The molecule has 0 atom stereocenters. The molecule has 0 fully saturated rings. The zero-order valence-electron chi connectivity index (χ0n) is 6.33. The molecule has 1 aliphatic rings. The van der Waals surface area contributed by atoms with E-state index in [-0.39, 0.29) is 0 Å². The van der Waals surface area contributed by atoms with Gasteiger partial charge in [-0.25, -0.2) is 0 Å². The van der Waals surface area contributed by atoms with Gasteiger partial charge in [0.05, 0.1) is 23.7 Å². The van der Waals surface area contributed by atoms with Crippen LogP contribution in [0.25, 0.3) is 0 Å². The predicted octanol–water partition coefficient (Wildman–Crippen LogP) is 2.30. The molecule has 0 spiro atoms. The lowest BCUT2D eigenvalue weighted by molar-refractivity contribution is 0.282. The third-order valence-electron chi connectivity index (χ3n) is 1.53. The van der Waals surface area contributed by atoms with E-state index in [4.69, 9.17) is 4.74 Å². The van der Waals surface area contributed by atoms with Crippen LogP contribution in [0.1, 0.15) is 12.8 Å². The van der Waals surface area contributed by atoms with Crippen molar-refractivity contribution in [3.05, 3.63) is 23.6 Å². The van der Waals surface area contributed by atoms with Crippen LogP contribution >= 0.6 is 12.2 Å². The Bertz CT molecular complexity index is 249. The number of hydrogen-bond donors (Lipinski definition) is 0. The van der Waals surface area contributed by atoms with Gasteiger partial charge in [0.15, 0.2) is 0 Å². The Morgan fingerprint density at radius 3 is 2.82 bits per heavy atom. The van der Waals surface area contributed by atoms with Crippen LogP contribution in [0.5, 0.6) is 0 Å². The molecular weight excluding hydrogens is 158 g/mol. The van der Waals surface area contributed by atoms with E-state index in [1.54, 1.807) is 7.11 Å². The molecule has 58 valence electrons. The molecule has 1 rings (SSSR count). The van der Waals surface area contributed by atoms with E-state index < -0.39 is 0 Å². The number of allylic oxidation sites excluding steroid dienone is 2. The zero-order chi connectivity index (χ0) is 8.10. The SMILES string of the molecule is COC1=CCC(N=C=S)=CC1. The van der Waals surface area contributed by atoms with Gasteiger partial charge in [0, 0.05) is 12.8 Å². The van der Waals surface area contributed by atoms with Crippen molar-refractivity contribution in [2.75, 3.05) is 7.11 Å². The van der Waals surface area contributed by atoms with Crippen molar-refractivity contribution in [2.24, 2.45) is 4.99 Å². The maximum absolute atomic E-state index is 5.05. The molecule has 0 N–H and O–H groups in total. The standard InChI is InChI=1S/C8H9NOS/c1-10-8-4-2-7(3-5-8)9-6-11/h2,5H,3-4H2,1H3. The van der Waals surface area contributed by atoms with Gasteiger partial charge in [0.2, 0.25) is 0 Å². The minimum absolute atomic E-state index is 0.798. The quantitative estimate of drug-likeness (QED) is 0.465. The Morgan fingerprint density at radius 1 is 1.55 bits per heavy atom. The van der Waals surface area contributed by atoms with Gasteiger partial charge in [-0.15, -0.1) is 0 Å².